The summed E-state index contributed by atoms with van der Waals surface area (Å²) in [7, 11) is 0. The fraction of sp³-hybridized carbons (Fsp3) is 0.214. The lowest BCUT2D eigenvalue weighted by molar-refractivity contribution is -0.133. The zero-order chi connectivity index (χ0) is 13.2. The maximum atomic E-state index is 12.1. The van der Waals surface area contributed by atoms with E-state index in [1.807, 2.05) is 40.6 Å². The predicted octanol–water partition coefficient (Wildman–Crippen LogP) is 3.43. The number of rotatable bonds is 2. The standard InChI is InChI=1S/C14H12BrNO2S/c15-11-3-4-13-10(6-11)7-16(14(17)9-18-13)8-12-2-1-5-19-12/h1-6H,7-9H2. The highest BCUT2D eigenvalue weighted by molar-refractivity contribution is 9.10. The number of amides is 1. The maximum Gasteiger partial charge on any atom is 0.261 e. The minimum atomic E-state index is 0.0284. The fourth-order valence-electron chi connectivity index (χ4n) is 2.07. The summed E-state index contributed by atoms with van der Waals surface area (Å²) in [5.74, 6) is 0.825. The second-order valence-electron chi connectivity index (χ2n) is 4.37. The molecule has 0 radical (unpaired) electrons. The third kappa shape index (κ3) is 2.82. The summed E-state index contributed by atoms with van der Waals surface area (Å²) in [6, 6.07) is 9.89. The van der Waals surface area contributed by atoms with Gasteiger partial charge in [0.15, 0.2) is 6.61 Å². The molecule has 0 unspecified atom stereocenters. The van der Waals surface area contributed by atoms with E-state index in [2.05, 4.69) is 15.9 Å². The van der Waals surface area contributed by atoms with Gasteiger partial charge < -0.3 is 9.64 Å². The van der Waals surface area contributed by atoms with Gasteiger partial charge in [-0.1, -0.05) is 22.0 Å². The van der Waals surface area contributed by atoms with Crippen molar-refractivity contribution in [3.05, 3.63) is 50.6 Å². The van der Waals surface area contributed by atoms with Gasteiger partial charge in [0.1, 0.15) is 5.75 Å². The predicted molar refractivity (Wildman–Crippen MR) is 78.2 cm³/mol. The van der Waals surface area contributed by atoms with Gasteiger partial charge in [-0.25, -0.2) is 0 Å². The van der Waals surface area contributed by atoms with Crippen LogP contribution in [0.1, 0.15) is 10.4 Å². The summed E-state index contributed by atoms with van der Waals surface area (Å²) in [6.07, 6.45) is 0. The number of carbonyl (C=O) groups is 1. The molecule has 0 saturated carbocycles. The lowest BCUT2D eigenvalue weighted by Crippen LogP contribution is -2.31. The van der Waals surface area contributed by atoms with E-state index < -0.39 is 0 Å². The third-order valence-corrected chi connectivity index (χ3v) is 4.37. The Hall–Kier alpha value is -1.33. The van der Waals surface area contributed by atoms with Gasteiger partial charge in [-0.3, -0.25) is 4.79 Å². The van der Waals surface area contributed by atoms with Crippen molar-refractivity contribution in [2.24, 2.45) is 0 Å². The molecule has 0 aliphatic carbocycles. The van der Waals surface area contributed by atoms with Crippen LogP contribution < -0.4 is 4.74 Å². The number of halogens is 1. The summed E-state index contributed by atoms with van der Waals surface area (Å²) >= 11 is 5.12. The van der Waals surface area contributed by atoms with E-state index in [4.69, 9.17) is 4.74 Å². The summed E-state index contributed by atoms with van der Waals surface area (Å²) in [6.45, 7) is 1.34. The molecule has 0 bridgehead atoms. The monoisotopic (exact) mass is 337 g/mol. The molecular formula is C14H12BrNO2S. The average molecular weight is 338 g/mol. The number of hydrogen-bond donors (Lipinski definition) is 0. The van der Waals surface area contributed by atoms with Gasteiger partial charge in [-0.05, 0) is 29.6 Å². The van der Waals surface area contributed by atoms with E-state index in [1.54, 1.807) is 11.3 Å². The first-order valence-electron chi connectivity index (χ1n) is 5.94. The Morgan fingerprint density at radius 1 is 1.37 bits per heavy atom. The van der Waals surface area contributed by atoms with E-state index in [1.165, 1.54) is 4.88 Å². The second kappa shape index (κ2) is 5.35. The van der Waals surface area contributed by atoms with Gasteiger partial charge >= 0.3 is 0 Å². The van der Waals surface area contributed by atoms with E-state index >= 15 is 0 Å². The number of fused-ring (bicyclic) bond motifs is 1. The number of nitrogens with zero attached hydrogens (tertiary/aromatic N) is 1. The first kappa shape index (κ1) is 12.7. The van der Waals surface area contributed by atoms with Crippen LogP contribution in [0.4, 0.5) is 0 Å². The molecule has 1 aromatic heterocycles. The van der Waals surface area contributed by atoms with Gasteiger partial charge in [0.25, 0.3) is 5.91 Å². The van der Waals surface area contributed by atoms with Crippen molar-refractivity contribution in [2.45, 2.75) is 13.1 Å². The van der Waals surface area contributed by atoms with Crippen LogP contribution in [0.25, 0.3) is 0 Å². The molecule has 0 spiro atoms. The molecule has 0 N–H and O–H groups in total. The largest absolute Gasteiger partial charge is 0.483 e. The first-order valence-corrected chi connectivity index (χ1v) is 7.61. The Labute approximate surface area is 123 Å². The van der Waals surface area contributed by atoms with Crippen molar-refractivity contribution >= 4 is 33.2 Å². The first-order chi connectivity index (χ1) is 9.22. The SMILES string of the molecule is O=C1COc2ccc(Br)cc2CN1Cc1cccs1. The van der Waals surface area contributed by atoms with Crippen molar-refractivity contribution in [1.82, 2.24) is 4.90 Å². The topological polar surface area (TPSA) is 29.5 Å². The molecule has 3 rings (SSSR count). The Morgan fingerprint density at radius 2 is 2.26 bits per heavy atom. The van der Waals surface area contributed by atoms with Crippen LogP contribution in [0, 0.1) is 0 Å². The Balaban J connectivity index is 1.86. The Kier molecular flexibility index (Phi) is 3.57. The van der Waals surface area contributed by atoms with Crippen LogP contribution in [-0.2, 0) is 17.9 Å². The lowest BCUT2D eigenvalue weighted by Gasteiger charge is -2.19. The van der Waals surface area contributed by atoms with Gasteiger partial charge in [0, 0.05) is 21.5 Å². The van der Waals surface area contributed by atoms with Gasteiger partial charge in [0.05, 0.1) is 6.54 Å². The van der Waals surface area contributed by atoms with Crippen LogP contribution in [0.15, 0.2) is 40.2 Å². The van der Waals surface area contributed by atoms with Crippen molar-refractivity contribution in [1.29, 1.82) is 0 Å². The number of carbonyl (C=O) groups excluding carboxylic acids is 1. The number of hydrogen-bond acceptors (Lipinski definition) is 3. The second-order valence-corrected chi connectivity index (χ2v) is 6.32. The van der Waals surface area contributed by atoms with Crippen molar-refractivity contribution in [3.63, 3.8) is 0 Å². The van der Waals surface area contributed by atoms with Crippen LogP contribution in [0.5, 0.6) is 5.75 Å². The Morgan fingerprint density at radius 3 is 3.05 bits per heavy atom. The molecule has 19 heavy (non-hydrogen) atoms. The van der Waals surface area contributed by atoms with Crippen molar-refractivity contribution < 1.29 is 9.53 Å². The number of benzene rings is 1. The molecule has 1 aliphatic heterocycles. The molecule has 0 atom stereocenters. The molecule has 2 aromatic rings. The minimum Gasteiger partial charge on any atom is -0.483 e. The molecule has 0 saturated heterocycles. The Bertz CT molecular complexity index is 597. The molecule has 1 amide bonds. The van der Waals surface area contributed by atoms with Crippen molar-refractivity contribution in [2.75, 3.05) is 6.61 Å². The molecule has 98 valence electrons. The van der Waals surface area contributed by atoms with Crippen molar-refractivity contribution in [3.8, 4) is 5.75 Å². The van der Waals surface area contributed by atoms with Crippen LogP contribution in [0.3, 0.4) is 0 Å². The fourth-order valence-corrected chi connectivity index (χ4v) is 3.20. The summed E-state index contributed by atoms with van der Waals surface area (Å²) in [5, 5.41) is 2.03. The molecule has 3 nitrogen and oxygen atoms in total. The average Bonchev–Trinajstić information content (AvgIpc) is 2.84. The van der Waals surface area contributed by atoms with E-state index in [9.17, 15) is 4.79 Å². The quantitative estimate of drug-likeness (QED) is 0.840. The maximum absolute atomic E-state index is 12.1. The highest BCUT2D eigenvalue weighted by atomic mass is 79.9. The van der Waals surface area contributed by atoms with Crippen LogP contribution in [-0.4, -0.2) is 17.4 Å². The highest BCUT2D eigenvalue weighted by Crippen LogP contribution is 2.27. The molecule has 2 heterocycles. The highest BCUT2D eigenvalue weighted by Gasteiger charge is 2.21. The van der Waals surface area contributed by atoms with E-state index in [0.717, 1.165) is 15.8 Å². The third-order valence-electron chi connectivity index (χ3n) is 3.01. The normalized spacial score (nSPS) is 14.8. The molecule has 0 fully saturated rings. The zero-order valence-corrected chi connectivity index (χ0v) is 12.5. The van der Waals surface area contributed by atoms with Crippen LogP contribution in [0.2, 0.25) is 0 Å². The van der Waals surface area contributed by atoms with E-state index in [-0.39, 0.29) is 12.5 Å². The van der Waals surface area contributed by atoms with Gasteiger partial charge in [0.2, 0.25) is 0 Å². The van der Waals surface area contributed by atoms with Gasteiger partial charge in [-0.15, -0.1) is 11.3 Å². The number of ether oxygens (including phenoxy) is 1. The molecule has 1 aromatic carbocycles. The zero-order valence-electron chi connectivity index (χ0n) is 10.1. The lowest BCUT2D eigenvalue weighted by atomic mass is 10.2. The summed E-state index contributed by atoms with van der Waals surface area (Å²) < 4.78 is 6.56. The summed E-state index contributed by atoms with van der Waals surface area (Å²) in [5.41, 5.74) is 1.04. The molecular weight excluding hydrogens is 326 g/mol. The molecule has 1 aliphatic rings. The van der Waals surface area contributed by atoms with Gasteiger partial charge in [-0.2, -0.15) is 0 Å². The van der Waals surface area contributed by atoms with E-state index in [0.29, 0.717) is 13.1 Å². The number of thiophene rings is 1. The smallest absolute Gasteiger partial charge is 0.261 e. The van der Waals surface area contributed by atoms with Crippen LogP contribution >= 0.6 is 27.3 Å². The molecule has 5 heteroatoms. The summed E-state index contributed by atoms with van der Waals surface area (Å²) in [4.78, 5) is 15.1. The minimum absolute atomic E-state index is 0.0284.